The van der Waals surface area contributed by atoms with Crippen LogP contribution in [0.2, 0.25) is 0 Å². The second kappa shape index (κ2) is 8.94. The van der Waals surface area contributed by atoms with Gasteiger partial charge in [0.25, 0.3) is 0 Å². The number of hydrogen-bond donors (Lipinski definition) is 2. The summed E-state index contributed by atoms with van der Waals surface area (Å²) in [5.41, 5.74) is 10.3. The maximum absolute atomic E-state index is 11.2. The Labute approximate surface area is 192 Å². The Kier molecular flexibility index (Phi) is 5.69. The fraction of sp³-hybridized carbons (Fsp3) is 0.269. The maximum atomic E-state index is 11.2. The predicted octanol–water partition coefficient (Wildman–Crippen LogP) is 4.35. The number of benzene rings is 2. The molecule has 3 N–H and O–H groups in total. The van der Waals surface area contributed by atoms with Crippen molar-refractivity contribution in [1.82, 2.24) is 19.9 Å². The fourth-order valence-corrected chi connectivity index (χ4v) is 4.48. The molecule has 168 valence electrons. The van der Waals surface area contributed by atoms with E-state index in [0.29, 0.717) is 24.4 Å². The van der Waals surface area contributed by atoms with Crippen molar-refractivity contribution >= 4 is 22.8 Å². The minimum absolute atomic E-state index is 0.0158. The summed E-state index contributed by atoms with van der Waals surface area (Å²) < 4.78 is 8.25. The van der Waals surface area contributed by atoms with Crippen LogP contribution in [0.15, 0.2) is 67.1 Å². The Morgan fingerprint density at radius 1 is 1.15 bits per heavy atom. The highest BCUT2D eigenvalue weighted by Gasteiger charge is 2.32. The van der Waals surface area contributed by atoms with Crippen molar-refractivity contribution in [3.63, 3.8) is 0 Å². The molecule has 0 saturated heterocycles. The molecule has 1 amide bonds. The minimum atomic E-state index is 0.0158. The molecule has 1 aliphatic rings. The van der Waals surface area contributed by atoms with E-state index in [1.807, 2.05) is 48.5 Å². The summed E-state index contributed by atoms with van der Waals surface area (Å²) in [4.78, 5) is 20.0. The van der Waals surface area contributed by atoms with Gasteiger partial charge in [0.05, 0.1) is 5.39 Å². The molecule has 4 aromatic rings. The topological polar surface area (TPSA) is 95.1 Å². The van der Waals surface area contributed by atoms with Crippen LogP contribution >= 0.6 is 0 Å². The van der Waals surface area contributed by atoms with E-state index in [-0.39, 0.29) is 5.91 Å². The van der Waals surface area contributed by atoms with Crippen molar-refractivity contribution in [3.8, 4) is 16.9 Å². The molecule has 1 aliphatic carbocycles. The van der Waals surface area contributed by atoms with Crippen molar-refractivity contribution < 1.29 is 9.53 Å². The van der Waals surface area contributed by atoms with E-state index in [1.165, 1.54) is 6.33 Å². The lowest BCUT2D eigenvalue weighted by Crippen LogP contribution is -2.36. The van der Waals surface area contributed by atoms with Crippen LogP contribution in [0.1, 0.15) is 31.4 Å². The van der Waals surface area contributed by atoms with Crippen molar-refractivity contribution in [3.05, 3.63) is 72.7 Å². The Morgan fingerprint density at radius 2 is 1.97 bits per heavy atom. The van der Waals surface area contributed by atoms with Crippen LogP contribution < -0.4 is 15.8 Å². The predicted molar refractivity (Wildman–Crippen MR) is 129 cm³/mol. The number of aromatic nitrogens is 3. The Hall–Kier alpha value is -3.87. The molecule has 1 saturated carbocycles. The van der Waals surface area contributed by atoms with Gasteiger partial charge in [-0.15, -0.1) is 0 Å². The molecular weight excluding hydrogens is 414 g/mol. The summed E-state index contributed by atoms with van der Waals surface area (Å²) >= 11 is 0. The Bertz CT molecular complexity index is 1280. The molecule has 1 fully saturated rings. The number of hydrogen-bond acceptors (Lipinski definition) is 5. The number of nitrogens with two attached hydrogens (primary N) is 1. The second-order valence-electron chi connectivity index (χ2n) is 8.64. The second-order valence-corrected chi connectivity index (χ2v) is 8.64. The van der Waals surface area contributed by atoms with Crippen LogP contribution in [0.4, 0.5) is 5.82 Å². The molecule has 0 spiro atoms. The van der Waals surface area contributed by atoms with Gasteiger partial charge in [-0.1, -0.05) is 42.5 Å². The van der Waals surface area contributed by atoms with Gasteiger partial charge in [0.1, 0.15) is 30.1 Å². The zero-order chi connectivity index (χ0) is 22.8. The molecule has 0 unspecified atom stereocenters. The van der Waals surface area contributed by atoms with E-state index >= 15 is 0 Å². The van der Waals surface area contributed by atoms with Crippen molar-refractivity contribution in [1.29, 1.82) is 0 Å². The highest BCUT2D eigenvalue weighted by atomic mass is 16.5. The quantitative estimate of drug-likeness (QED) is 0.445. The minimum Gasteiger partial charge on any atom is -0.489 e. The van der Waals surface area contributed by atoms with Crippen LogP contribution in [0.25, 0.3) is 22.2 Å². The highest BCUT2D eigenvalue weighted by molar-refractivity contribution is 6.00. The number of amides is 1. The number of carbonyl (C=O) groups is 1. The maximum Gasteiger partial charge on any atom is 0.216 e. The van der Waals surface area contributed by atoms with Gasteiger partial charge in [-0.25, -0.2) is 9.97 Å². The van der Waals surface area contributed by atoms with Gasteiger partial charge < -0.3 is 20.4 Å². The molecule has 7 nitrogen and oxygen atoms in total. The monoisotopic (exact) mass is 441 g/mol. The van der Waals surface area contributed by atoms with Gasteiger partial charge in [-0.2, -0.15) is 0 Å². The largest absolute Gasteiger partial charge is 0.489 e. The van der Waals surface area contributed by atoms with Crippen LogP contribution in [0, 0.1) is 5.92 Å². The lowest BCUT2D eigenvalue weighted by atomic mass is 9.80. The number of rotatable bonds is 7. The van der Waals surface area contributed by atoms with E-state index in [4.69, 9.17) is 10.5 Å². The van der Waals surface area contributed by atoms with Gasteiger partial charge in [0.15, 0.2) is 0 Å². The summed E-state index contributed by atoms with van der Waals surface area (Å²) in [7, 11) is 0. The number of carbonyl (C=O) groups excluding carboxylic acids is 1. The molecular formula is C26H27N5O2. The molecule has 0 aliphatic heterocycles. The lowest BCUT2D eigenvalue weighted by molar-refractivity contribution is -0.119. The van der Waals surface area contributed by atoms with E-state index in [0.717, 1.165) is 52.9 Å². The van der Waals surface area contributed by atoms with Crippen LogP contribution in [0.5, 0.6) is 5.75 Å². The summed E-state index contributed by atoms with van der Waals surface area (Å²) in [6.45, 7) is 2.78. The Balaban J connectivity index is 1.41. The number of ether oxygens (including phenoxy) is 1. The first kappa shape index (κ1) is 21.0. The van der Waals surface area contributed by atoms with Crippen molar-refractivity contribution in [2.45, 2.75) is 32.4 Å². The summed E-state index contributed by atoms with van der Waals surface area (Å²) in [5, 5.41) is 3.78. The fourth-order valence-electron chi connectivity index (χ4n) is 4.48. The van der Waals surface area contributed by atoms with E-state index < -0.39 is 0 Å². The average Bonchev–Trinajstić information content (AvgIpc) is 3.18. The summed E-state index contributed by atoms with van der Waals surface area (Å²) in [5.74, 6) is 1.76. The van der Waals surface area contributed by atoms with Gasteiger partial charge in [-0.3, -0.25) is 4.79 Å². The molecule has 2 heterocycles. The van der Waals surface area contributed by atoms with E-state index in [1.54, 1.807) is 6.92 Å². The molecule has 2 aromatic heterocycles. The van der Waals surface area contributed by atoms with Gasteiger partial charge in [-0.05, 0) is 42.0 Å². The van der Waals surface area contributed by atoms with Gasteiger partial charge >= 0.3 is 0 Å². The first-order chi connectivity index (χ1) is 16.1. The zero-order valence-electron chi connectivity index (χ0n) is 18.6. The first-order valence-corrected chi connectivity index (χ1v) is 11.2. The van der Waals surface area contributed by atoms with Crippen molar-refractivity contribution in [2.75, 3.05) is 12.3 Å². The van der Waals surface area contributed by atoms with E-state index in [2.05, 4.69) is 32.1 Å². The third kappa shape index (κ3) is 4.39. The lowest BCUT2D eigenvalue weighted by Gasteiger charge is -2.36. The number of nitrogen functional groups attached to an aromatic ring is 1. The molecule has 5 rings (SSSR count). The zero-order valence-corrected chi connectivity index (χ0v) is 18.6. The molecule has 33 heavy (non-hydrogen) atoms. The standard InChI is InChI=1S/C26H27N5O2/c1-17(32)28-13-19-10-21(11-19)31-14-23(24-25(27)29-16-30-26(24)31)20-8-5-9-22(12-20)33-15-18-6-3-2-4-7-18/h2-9,12,14,16,19,21H,10-11,13,15H2,1H3,(H,28,32)(H2,27,29,30)/t19-,21-. The smallest absolute Gasteiger partial charge is 0.216 e. The number of nitrogens with one attached hydrogen (secondary N) is 1. The molecule has 0 bridgehead atoms. The summed E-state index contributed by atoms with van der Waals surface area (Å²) in [6.07, 6.45) is 5.64. The Morgan fingerprint density at radius 3 is 2.76 bits per heavy atom. The SMILES string of the molecule is CC(=O)NC[C@H]1C[C@H](n2cc(-c3cccc(OCc4ccccc4)c3)c3c(N)ncnc32)C1. The molecule has 2 aromatic carbocycles. The molecule has 7 heteroatoms. The number of fused-ring (bicyclic) bond motifs is 1. The molecule has 0 atom stereocenters. The number of nitrogens with zero attached hydrogens (tertiary/aromatic N) is 3. The van der Waals surface area contributed by atoms with Crippen molar-refractivity contribution in [2.24, 2.45) is 5.92 Å². The van der Waals surface area contributed by atoms with Crippen LogP contribution in [-0.2, 0) is 11.4 Å². The van der Waals surface area contributed by atoms with E-state index in [9.17, 15) is 4.79 Å². The van der Waals surface area contributed by atoms with Gasteiger partial charge in [0.2, 0.25) is 5.91 Å². The van der Waals surface area contributed by atoms with Gasteiger partial charge in [0, 0.05) is 31.3 Å². The normalized spacial score (nSPS) is 17.5. The average molecular weight is 442 g/mol. The van der Waals surface area contributed by atoms with Crippen LogP contribution in [0.3, 0.4) is 0 Å². The number of anilines is 1. The van der Waals surface area contributed by atoms with Crippen LogP contribution in [-0.4, -0.2) is 27.0 Å². The third-order valence-corrected chi connectivity index (χ3v) is 6.28. The highest BCUT2D eigenvalue weighted by Crippen LogP contribution is 2.42. The third-order valence-electron chi connectivity index (χ3n) is 6.28. The first-order valence-electron chi connectivity index (χ1n) is 11.2. The molecule has 0 radical (unpaired) electrons. The summed E-state index contributed by atoms with van der Waals surface area (Å²) in [6, 6.07) is 18.5.